The highest BCUT2D eigenvalue weighted by Gasteiger charge is 2.17. The molecule has 0 aliphatic carbocycles. The summed E-state index contributed by atoms with van der Waals surface area (Å²) in [6.07, 6.45) is 0.558. The average molecular weight is 528 g/mol. The van der Waals surface area contributed by atoms with E-state index in [0.717, 1.165) is 28.8 Å². The van der Waals surface area contributed by atoms with Crippen LogP contribution in [0.3, 0.4) is 0 Å². The zero-order valence-corrected chi connectivity index (χ0v) is 23.1. The number of rotatable bonds is 14. The molecule has 0 saturated carbocycles. The summed E-state index contributed by atoms with van der Waals surface area (Å²) in [6.45, 7) is 11.4. The van der Waals surface area contributed by atoms with E-state index in [1.807, 2.05) is 63.8 Å². The maximum Gasteiger partial charge on any atom is 0.407 e. The third-order valence-corrected chi connectivity index (χ3v) is 6.12. The van der Waals surface area contributed by atoms with Crippen molar-refractivity contribution in [1.82, 2.24) is 10.2 Å². The zero-order chi connectivity index (χ0) is 28.3. The fourth-order valence-corrected chi connectivity index (χ4v) is 4.11. The number of carboxylic acids is 1. The second kappa shape index (κ2) is 14.4. The van der Waals surface area contributed by atoms with Gasteiger partial charge in [0.25, 0.3) is 0 Å². The molecule has 0 bridgehead atoms. The molecule has 0 aliphatic heterocycles. The minimum atomic E-state index is -0.984. The Kier molecular flexibility index (Phi) is 11.6. The molecule has 2 aromatic carbocycles. The van der Waals surface area contributed by atoms with Crippen molar-refractivity contribution in [1.29, 1.82) is 0 Å². The lowest BCUT2D eigenvalue weighted by molar-refractivity contribution is -0.119. The molecule has 0 spiro atoms. The van der Waals surface area contributed by atoms with Crippen molar-refractivity contribution in [2.24, 2.45) is 0 Å². The molecule has 0 fully saturated rings. The van der Waals surface area contributed by atoms with E-state index in [2.05, 4.69) is 5.32 Å². The first-order valence-corrected chi connectivity index (χ1v) is 12.9. The molecule has 2 amide bonds. The second-order valence-electron chi connectivity index (χ2n) is 10.3. The summed E-state index contributed by atoms with van der Waals surface area (Å²) in [6, 6.07) is 12.7. The number of carbonyl (C=O) groups is 3. The van der Waals surface area contributed by atoms with Gasteiger partial charge in [0.2, 0.25) is 6.41 Å². The van der Waals surface area contributed by atoms with Crippen LogP contribution in [0, 0.1) is 6.92 Å². The predicted molar refractivity (Wildman–Crippen MR) is 148 cm³/mol. The normalized spacial score (nSPS) is 11.9. The number of hydrogen-bond acceptors (Lipinski definition) is 6. The number of aliphatic hydroxyl groups excluding tert-OH is 1. The number of hydrogen-bond donors (Lipinski definition) is 3. The number of likely N-dealkylation sites (N-methyl/N-ethyl adjacent to an activating group) is 1. The molecule has 38 heavy (non-hydrogen) atoms. The van der Waals surface area contributed by atoms with Gasteiger partial charge >= 0.3 is 12.1 Å². The van der Waals surface area contributed by atoms with Crippen LogP contribution in [0.25, 0.3) is 0 Å². The molecule has 9 nitrogen and oxygen atoms in total. The quantitative estimate of drug-likeness (QED) is 0.318. The Balaban J connectivity index is 1.91. The van der Waals surface area contributed by atoms with Gasteiger partial charge in [0.15, 0.2) is 0 Å². The van der Waals surface area contributed by atoms with Gasteiger partial charge in [0.1, 0.15) is 5.60 Å². The van der Waals surface area contributed by atoms with E-state index < -0.39 is 23.8 Å². The topological polar surface area (TPSA) is 119 Å². The highest BCUT2D eigenvalue weighted by Crippen LogP contribution is 2.22. The van der Waals surface area contributed by atoms with Crippen molar-refractivity contribution in [2.45, 2.75) is 65.7 Å². The first-order chi connectivity index (χ1) is 17.9. The fraction of sp³-hybridized carbons (Fsp3) is 0.483. The SMILES string of the molecule is CCN(CCN(C=O)CC(O)CCc1ccccc1CNC(=O)OC(C)(C)C)c1cc(C(=O)O)ccc1C. The van der Waals surface area contributed by atoms with Crippen LogP contribution in [0.4, 0.5) is 10.5 Å². The Labute approximate surface area is 225 Å². The van der Waals surface area contributed by atoms with Gasteiger partial charge in [-0.15, -0.1) is 0 Å². The summed E-state index contributed by atoms with van der Waals surface area (Å²) >= 11 is 0. The first-order valence-electron chi connectivity index (χ1n) is 12.9. The summed E-state index contributed by atoms with van der Waals surface area (Å²) < 4.78 is 5.29. The number of ether oxygens (including phenoxy) is 1. The number of alkyl carbamates (subject to hydrolysis) is 1. The van der Waals surface area contributed by atoms with Gasteiger partial charge < -0.3 is 30.1 Å². The Morgan fingerprint density at radius 1 is 1.11 bits per heavy atom. The Morgan fingerprint density at radius 2 is 1.79 bits per heavy atom. The number of aromatic carboxylic acids is 1. The number of anilines is 1. The molecular weight excluding hydrogens is 486 g/mol. The van der Waals surface area contributed by atoms with E-state index in [0.29, 0.717) is 39.0 Å². The standard InChI is InChI=1S/C29H41N3O6/c1-6-32(26-17-23(27(35)36)12-11-21(26)2)16-15-31(20-33)19-25(34)14-13-22-9-7-8-10-24(22)18-30-28(37)38-29(3,4)5/h7-12,17,20,25,34H,6,13-16,18-19H2,1-5H3,(H,30,37)(H,35,36). The van der Waals surface area contributed by atoms with E-state index in [4.69, 9.17) is 4.74 Å². The summed E-state index contributed by atoms with van der Waals surface area (Å²) in [5.41, 5.74) is 3.35. The van der Waals surface area contributed by atoms with Crippen LogP contribution in [0.5, 0.6) is 0 Å². The van der Waals surface area contributed by atoms with Gasteiger partial charge in [0.05, 0.1) is 11.7 Å². The number of carbonyl (C=O) groups excluding carboxylic acids is 2. The monoisotopic (exact) mass is 527 g/mol. The van der Waals surface area contributed by atoms with E-state index in [1.165, 1.54) is 0 Å². The number of nitrogens with zero attached hydrogens (tertiary/aromatic N) is 2. The fourth-order valence-electron chi connectivity index (χ4n) is 4.11. The summed E-state index contributed by atoms with van der Waals surface area (Å²) in [7, 11) is 0. The third kappa shape index (κ3) is 10.0. The summed E-state index contributed by atoms with van der Waals surface area (Å²) in [4.78, 5) is 38.7. The molecule has 0 aromatic heterocycles. The van der Waals surface area contributed by atoms with E-state index >= 15 is 0 Å². The molecule has 9 heteroatoms. The van der Waals surface area contributed by atoms with E-state index in [-0.39, 0.29) is 12.1 Å². The van der Waals surface area contributed by atoms with Crippen LogP contribution in [-0.4, -0.2) is 71.5 Å². The number of aliphatic hydroxyl groups is 1. The maximum atomic E-state index is 12.0. The van der Waals surface area contributed by atoms with Crippen molar-refractivity contribution in [3.05, 3.63) is 64.7 Å². The van der Waals surface area contributed by atoms with Gasteiger partial charge in [0, 0.05) is 38.4 Å². The molecule has 0 aliphatic rings. The Bertz CT molecular complexity index is 1080. The molecule has 2 aromatic rings. The minimum Gasteiger partial charge on any atom is -0.478 e. The molecule has 3 N–H and O–H groups in total. The molecule has 1 atom stereocenters. The van der Waals surface area contributed by atoms with Gasteiger partial charge in [-0.2, -0.15) is 0 Å². The minimum absolute atomic E-state index is 0.188. The maximum absolute atomic E-state index is 12.0. The number of nitrogens with one attached hydrogen (secondary N) is 1. The lowest BCUT2D eigenvalue weighted by Crippen LogP contribution is -2.38. The van der Waals surface area contributed by atoms with Gasteiger partial charge in [-0.25, -0.2) is 9.59 Å². The van der Waals surface area contributed by atoms with Crippen LogP contribution in [0.1, 0.15) is 61.2 Å². The number of amides is 2. The number of benzene rings is 2. The molecule has 0 heterocycles. The molecular formula is C29H41N3O6. The Hall–Kier alpha value is -3.59. The molecule has 2 rings (SSSR count). The highest BCUT2D eigenvalue weighted by molar-refractivity contribution is 5.89. The van der Waals surface area contributed by atoms with Gasteiger partial charge in [-0.1, -0.05) is 30.3 Å². The second-order valence-corrected chi connectivity index (χ2v) is 10.3. The van der Waals surface area contributed by atoms with Crippen LogP contribution >= 0.6 is 0 Å². The highest BCUT2D eigenvalue weighted by atomic mass is 16.6. The smallest absolute Gasteiger partial charge is 0.407 e. The van der Waals surface area contributed by atoms with Gasteiger partial charge in [-0.3, -0.25) is 4.79 Å². The van der Waals surface area contributed by atoms with Crippen molar-refractivity contribution >= 4 is 24.2 Å². The number of carboxylic acid groups (broad SMARTS) is 1. The lowest BCUT2D eigenvalue weighted by Gasteiger charge is -2.29. The molecule has 1 unspecified atom stereocenters. The van der Waals surface area contributed by atoms with Crippen molar-refractivity contribution in [3.8, 4) is 0 Å². The molecule has 0 radical (unpaired) electrons. The lowest BCUT2D eigenvalue weighted by atomic mass is 10.0. The summed E-state index contributed by atoms with van der Waals surface area (Å²) in [5, 5.41) is 22.8. The van der Waals surface area contributed by atoms with Gasteiger partial charge in [-0.05, 0) is 76.3 Å². The van der Waals surface area contributed by atoms with E-state index in [9.17, 15) is 24.6 Å². The predicted octanol–water partition coefficient (Wildman–Crippen LogP) is 4.00. The van der Waals surface area contributed by atoms with Crippen LogP contribution in [0.2, 0.25) is 0 Å². The molecule has 0 saturated heterocycles. The van der Waals surface area contributed by atoms with Crippen LogP contribution < -0.4 is 10.2 Å². The Morgan fingerprint density at radius 3 is 2.39 bits per heavy atom. The van der Waals surface area contributed by atoms with Crippen LogP contribution in [-0.2, 0) is 22.5 Å². The van der Waals surface area contributed by atoms with Crippen molar-refractivity contribution in [3.63, 3.8) is 0 Å². The molecule has 208 valence electrons. The summed E-state index contributed by atoms with van der Waals surface area (Å²) in [5.74, 6) is -0.984. The zero-order valence-electron chi connectivity index (χ0n) is 23.1. The van der Waals surface area contributed by atoms with Crippen LogP contribution in [0.15, 0.2) is 42.5 Å². The van der Waals surface area contributed by atoms with Crippen molar-refractivity contribution in [2.75, 3.05) is 31.1 Å². The van der Waals surface area contributed by atoms with E-state index in [1.54, 1.807) is 23.1 Å². The third-order valence-electron chi connectivity index (χ3n) is 6.12. The largest absolute Gasteiger partial charge is 0.478 e. The first kappa shape index (κ1) is 30.6. The number of aryl methyl sites for hydroxylation is 2. The average Bonchev–Trinajstić information content (AvgIpc) is 2.86. The van der Waals surface area contributed by atoms with Crippen molar-refractivity contribution < 1.29 is 29.3 Å².